The molecule has 0 aromatic heterocycles. The molecule has 3 nitrogen and oxygen atoms in total. The van der Waals surface area contributed by atoms with E-state index in [1.165, 1.54) is 0 Å². The van der Waals surface area contributed by atoms with Crippen molar-refractivity contribution in [2.75, 3.05) is 26.4 Å². The summed E-state index contributed by atoms with van der Waals surface area (Å²) in [6.07, 6.45) is -3.78. The molecular formula is C12H15ClF3NO2. The Bertz CT molecular complexity index is 399. The van der Waals surface area contributed by atoms with Crippen LogP contribution >= 0.6 is 11.6 Å². The van der Waals surface area contributed by atoms with Gasteiger partial charge in [-0.05, 0) is 25.1 Å². The SMILES string of the molecule is NCCc1c(Cl)cccc1OCCOCC(F)(F)F. The number of nitrogens with two attached hydrogens (primary N) is 1. The van der Waals surface area contributed by atoms with E-state index in [4.69, 9.17) is 22.1 Å². The second kappa shape index (κ2) is 7.57. The van der Waals surface area contributed by atoms with Crippen LogP contribution in [0.2, 0.25) is 5.02 Å². The second-order valence-corrected chi connectivity index (χ2v) is 4.18. The Morgan fingerprint density at radius 3 is 2.58 bits per heavy atom. The van der Waals surface area contributed by atoms with E-state index in [1.807, 2.05) is 0 Å². The van der Waals surface area contributed by atoms with E-state index < -0.39 is 12.8 Å². The Balaban J connectivity index is 2.43. The molecule has 19 heavy (non-hydrogen) atoms. The zero-order valence-electron chi connectivity index (χ0n) is 10.2. The lowest BCUT2D eigenvalue weighted by atomic mass is 10.1. The fraction of sp³-hybridized carbons (Fsp3) is 0.500. The number of hydrogen-bond donors (Lipinski definition) is 1. The molecular weight excluding hydrogens is 283 g/mol. The molecule has 2 N–H and O–H groups in total. The molecule has 0 aliphatic rings. The molecule has 1 rings (SSSR count). The zero-order valence-corrected chi connectivity index (χ0v) is 10.9. The average Bonchev–Trinajstić information content (AvgIpc) is 2.31. The van der Waals surface area contributed by atoms with Crippen molar-refractivity contribution in [2.45, 2.75) is 12.6 Å². The van der Waals surface area contributed by atoms with Crippen molar-refractivity contribution in [1.29, 1.82) is 0 Å². The van der Waals surface area contributed by atoms with Gasteiger partial charge in [-0.25, -0.2) is 0 Å². The van der Waals surface area contributed by atoms with Crippen molar-refractivity contribution in [3.63, 3.8) is 0 Å². The van der Waals surface area contributed by atoms with E-state index in [0.29, 0.717) is 23.7 Å². The third-order valence-electron chi connectivity index (χ3n) is 2.22. The number of rotatable bonds is 7. The van der Waals surface area contributed by atoms with Crippen molar-refractivity contribution >= 4 is 11.6 Å². The first-order valence-corrected chi connectivity index (χ1v) is 6.06. The molecule has 0 aliphatic heterocycles. The summed E-state index contributed by atoms with van der Waals surface area (Å²) in [5.74, 6) is 0.522. The fourth-order valence-corrected chi connectivity index (χ4v) is 1.72. The highest BCUT2D eigenvalue weighted by atomic mass is 35.5. The third-order valence-corrected chi connectivity index (χ3v) is 2.58. The van der Waals surface area contributed by atoms with Crippen molar-refractivity contribution in [3.05, 3.63) is 28.8 Å². The highest BCUT2D eigenvalue weighted by Gasteiger charge is 2.27. The lowest BCUT2D eigenvalue weighted by molar-refractivity contribution is -0.175. The molecule has 0 saturated heterocycles. The summed E-state index contributed by atoms with van der Waals surface area (Å²) in [7, 11) is 0. The summed E-state index contributed by atoms with van der Waals surface area (Å²) in [4.78, 5) is 0. The van der Waals surface area contributed by atoms with Gasteiger partial charge < -0.3 is 15.2 Å². The Morgan fingerprint density at radius 1 is 1.21 bits per heavy atom. The molecule has 0 unspecified atom stereocenters. The number of benzene rings is 1. The van der Waals surface area contributed by atoms with Gasteiger partial charge in [0.2, 0.25) is 0 Å². The van der Waals surface area contributed by atoms with Gasteiger partial charge in [0.25, 0.3) is 0 Å². The lowest BCUT2D eigenvalue weighted by Gasteiger charge is -2.13. The lowest BCUT2D eigenvalue weighted by Crippen LogP contribution is -2.19. The number of alkyl halides is 3. The van der Waals surface area contributed by atoms with Crippen LogP contribution in [-0.4, -0.2) is 32.5 Å². The molecule has 0 amide bonds. The van der Waals surface area contributed by atoms with Gasteiger partial charge in [0, 0.05) is 10.6 Å². The normalized spacial score (nSPS) is 11.6. The van der Waals surface area contributed by atoms with Crippen LogP contribution in [0.15, 0.2) is 18.2 Å². The van der Waals surface area contributed by atoms with Crippen LogP contribution in [-0.2, 0) is 11.2 Å². The summed E-state index contributed by atoms with van der Waals surface area (Å²) < 4.78 is 45.3. The minimum atomic E-state index is -4.32. The fourth-order valence-electron chi connectivity index (χ4n) is 1.46. The van der Waals surface area contributed by atoms with Crippen LogP contribution in [0, 0.1) is 0 Å². The predicted octanol–water partition coefficient (Wildman–Crippen LogP) is 2.80. The van der Waals surface area contributed by atoms with Crippen LogP contribution in [0.4, 0.5) is 13.2 Å². The summed E-state index contributed by atoms with van der Waals surface area (Å²) in [5, 5.41) is 0.527. The quantitative estimate of drug-likeness (QED) is 0.787. The molecule has 0 atom stereocenters. The molecule has 1 aromatic carbocycles. The minimum absolute atomic E-state index is 0.0218. The van der Waals surface area contributed by atoms with E-state index >= 15 is 0 Å². The zero-order chi connectivity index (χ0) is 14.3. The highest BCUT2D eigenvalue weighted by Crippen LogP contribution is 2.26. The summed E-state index contributed by atoms with van der Waals surface area (Å²) in [5.41, 5.74) is 6.21. The van der Waals surface area contributed by atoms with Crippen molar-refractivity contribution in [3.8, 4) is 5.75 Å². The maximum absolute atomic E-state index is 11.8. The van der Waals surface area contributed by atoms with Gasteiger partial charge in [-0.2, -0.15) is 13.2 Å². The molecule has 0 heterocycles. The van der Waals surface area contributed by atoms with Crippen LogP contribution < -0.4 is 10.5 Å². The molecule has 0 saturated carbocycles. The first-order valence-electron chi connectivity index (χ1n) is 5.69. The van der Waals surface area contributed by atoms with Gasteiger partial charge in [0.1, 0.15) is 19.0 Å². The summed E-state index contributed by atoms with van der Waals surface area (Å²) in [6.45, 7) is -0.992. The van der Waals surface area contributed by atoms with Gasteiger partial charge in [-0.3, -0.25) is 0 Å². The van der Waals surface area contributed by atoms with Crippen LogP contribution in [0.3, 0.4) is 0 Å². The van der Waals surface area contributed by atoms with Gasteiger partial charge in [0.05, 0.1) is 6.61 Å². The molecule has 1 aromatic rings. The highest BCUT2D eigenvalue weighted by molar-refractivity contribution is 6.31. The standard InChI is InChI=1S/C12H15ClF3NO2/c13-10-2-1-3-11(9(10)4-5-17)19-7-6-18-8-12(14,15)16/h1-3H,4-8,17H2. The monoisotopic (exact) mass is 297 g/mol. The molecule has 0 spiro atoms. The molecule has 108 valence electrons. The first kappa shape index (κ1) is 16.1. The van der Waals surface area contributed by atoms with Crippen LogP contribution in [0.5, 0.6) is 5.75 Å². The molecule has 0 aliphatic carbocycles. The number of ether oxygens (including phenoxy) is 2. The van der Waals surface area contributed by atoms with Gasteiger partial charge in [0.15, 0.2) is 0 Å². The predicted molar refractivity (Wildman–Crippen MR) is 66.6 cm³/mol. The van der Waals surface area contributed by atoms with Crippen molar-refractivity contribution < 1.29 is 22.6 Å². The van der Waals surface area contributed by atoms with Crippen molar-refractivity contribution in [2.24, 2.45) is 5.73 Å². The van der Waals surface area contributed by atoms with E-state index in [0.717, 1.165) is 5.56 Å². The first-order chi connectivity index (χ1) is 8.94. The average molecular weight is 298 g/mol. The van der Waals surface area contributed by atoms with Crippen molar-refractivity contribution in [1.82, 2.24) is 0 Å². The molecule has 0 radical (unpaired) electrons. The third kappa shape index (κ3) is 6.13. The van der Waals surface area contributed by atoms with Gasteiger partial charge >= 0.3 is 6.18 Å². The summed E-state index contributed by atoms with van der Waals surface area (Å²) in [6, 6.07) is 5.11. The Kier molecular flexibility index (Phi) is 6.41. The van der Waals surface area contributed by atoms with Crippen LogP contribution in [0.25, 0.3) is 0 Å². The maximum Gasteiger partial charge on any atom is 0.411 e. The number of hydrogen-bond acceptors (Lipinski definition) is 3. The van der Waals surface area contributed by atoms with Gasteiger partial charge in [-0.15, -0.1) is 0 Å². The largest absolute Gasteiger partial charge is 0.491 e. The van der Waals surface area contributed by atoms with E-state index in [9.17, 15) is 13.2 Å². The smallest absolute Gasteiger partial charge is 0.411 e. The Morgan fingerprint density at radius 2 is 1.95 bits per heavy atom. The molecule has 0 fully saturated rings. The molecule has 7 heteroatoms. The van der Waals surface area contributed by atoms with E-state index in [-0.39, 0.29) is 13.2 Å². The second-order valence-electron chi connectivity index (χ2n) is 3.77. The van der Waals surface area contributed by atoms with Gasteiger partial charge in [-0.1, -0.05) is 17.7 Å². The maximum atomic E-state index is 11.8. The number of halogens is 4. The Labute approximate surface area is 114 Å². The summed E-state index contributed by atoms with van der Waals surface area (Å²) >= 11 is 5.99. The topological polar surface area (TPSA) is 44.5 Å². The molecule has 0 bridgehead atoms. The van der Waals surface area contributed by atoms with Crippen LogP contribution in [0.1, 0.15) is 5.56 Å². The minimum Gasteiger partial charge on any atom is -0.491 e. The Hall–Kier alpha value is -0.980. The van der Waals surface area contributed by atoms with E-state index in [1.54, 1.807) is 18.2 Å². The van der Waals surface area contributed by atoms with E-state index in [2.05, 4.69) is 4.74 Å².